The molecule has 0 saturated heterocycles. The van der Waals surface area contributed by atoms with Gasteiger partial charge in [0, 0.05) is 37.9 Å². The molecule has 1 atom stereocenters. The summed E-state index contributed by atoms with van der Waals surface area (Å²) in [4.78, 5) is 31.3. The number of aromatic nitrogens is 1. The minimum atomic E-state index is -1.17. The number of hydrogen-bond donors (Lipinski definition) is 2. The van der Waals surface area contributed by atoms with Crippen molar-refractivity contribution in [2.45, 2.75) is 25.4 Å². The molecule has 0 spiro atoms. The number of nitrogens with zero attached hydrogens (tertiary/aromatic N) is 2. The van der Waals surface area contributed by atoms with E-state index in [4.69, 9.17) is 23.2 Å². The molecule has 0 unspecified atom stereocenters. The first-order chi connectivity index (χ1) is 16.9. The Morgan fingerprint density at radius 2 is 1.77 bits per heavy atom. The number of amides is 1. The Hall–Kier alpha value is -3.19. The van der Waals surface area contributed by atoms with Gasteiger partial charge in [-0.2, -0.15) is 0 Å². The maximum absolute atomic E-state index is 12.6. The van der Waals surface area contributed by atoms with Crippen molar-refractivity contribution in [1.82, 2.24) is 15.2 Å². The molecular formula is C27H25Cl2N3O3. The second-order valence-electron chi connectivity index (χ2n) is 8.40. The molecular weight excluding hydrogens is 485 g/mol. The first-order valence-electron chi connectivity index (χ1n) is 11.3. The number of aliphatic carboxylic acids is 1. The van der Waals surface area contributed by atoms with Crippen LogP contribution in [0.2, 0.25) is 10.0 Å². The van der Waals surface area contributed by atoms with Gasteiger partial charge in [0.25, 0.3) is 5.91 Å². The van der Waals surface area contributed by atoms with E-state index in [0.29, 0.717) is 5.69 Å². The van der Waals surface area contributed by atoms with E-state index >= 15 is 0 Å². The average Bonchev–Trinajstić information content (AvgIpc) is 2.85. The summed E-state index contributed by atoms with van der Waals surface area (Å²) in [5.74, 6) is -1.81. The Kier molecular flexibility index (Phi) is 8.18. The summed E-state index contributed by atoms with van der Waals surface area (Å²) in [5, 5.41) is 12.5. The van der Waals surface area contributed by atoms with E-state index in [1.807, 2.05) is 12.1 Å². The highest BCUT2D eigenvalue weighted by molar-refractivity contribution is 6.39. The van der Waals surface area contributed by atoms with Crippen molar-refractivity contribution in [3.8, 4) is 0 Å². The predicted octanol–water partition coefficient (Wildman–Crippen LogP) is 5.10. The van der Waals surface area contributed by atoms with Crippen LogP contribution in [0.25, 0.3) is 5.57 Å². The van der Waals surface area contributed by atoms with Gasteiger partial charge in [0.15, 0.2) is 0 Å². The standard InChI is InChI=1S/C27H25Cl2N3O3/c28-22-7-4-8-23(29)25(22)26(33)31-24(27(34)35)15-21-10-9-20(16-30-21)19-11-13-32(14-12-19)17-18-5-2-1-3-6-18/h1-11,16,24H,12-15,17H2,(H,31,33)(H,34,35)/t24-/m0/s1. The molecule has 1 aliphatic heterocycles. The minimum absolute atomic E-state index is 0.0350. The highest BCUT2D eigenvalue weighted by Gasteiger charge is 2.24. The lowest BCUT2D eigenvalue weighted by Gasteiger charge is -2.26. The van der Waals surface area contributed by atoms with Crippen LogP contribution in [0, 0.1) is 0 Å². The van der Waals surface area contributed by atoms with Crippen LogP contribution in [0.1, 0.15) is 33.6 Å². The molecule has 0 saturated carbocycles. The summed E-state index contributed by atoms with van der Waals surface area (Å²) in [5.41, 5.74) is 4.16. The van der Waals surface area contributed by atoms with Gasteiger partial charge >= 0.3 is 5.97 Å². The lowest BCUT2D eigenvalue weighted by molar-refractivity contribution is -0.139. The summed E-state index contributed by atoms with van der Waals surface area (Å²) < 4.78 is 0. The second-order valence-corrected chi connectivity index (χ2v) is 9.22. The third kappa shape index (κ3) is 6.48. The average molecular weight is 510 g/mol. The maximum atomic E-state index is 12.6. The molecule has 35 heavy (non-hydrogen) atoms. The number of carboxylic acid groups (broad SMARTS) is 1. The van der Waals surface area contributed by atoms with Gasteiger partial charge in [-0.3, -0.25) is 14.7 Å². The van der Waals surface area contributed by atoms with Gasteiger partial charge in [-0.25, -0.2) is 4.79 Å². The lowest BCUT2D eigenvalue weighted by Crippen LogP contribution is -2.42. The molecule has 0 radical (unpaired) electrons. The fraction of sp³-hybridized carbons (Fsp3) is 0.222. The number of carbonyl (C=O) groups excluding carboxylic acids is 1. The van der Waals surface area contributed by atoms with E-state index in [1.165, 1.54) is 23.3 Å². The Labute approximate surface area is 214 Å². The maximum Gasteiger partial charge on any atom is 0.326 e. The van der Waals surface area contributed by atoms with Crippen molar-refractivity contribution in [3.05, 3.63) is 105 Å². The molecule has 2 N–H and O–H groups in total. The van der Waals surface area contributed by atoms with Crippen LogP contribution < -0.4 is 5.32 Å². The van der Waals surface area contributed by atoms with Crippen molar-refractivity contribution in [3.63, 3.8) is 0 Å². The fourth-order valence-corrected chi connectivity index (χ4v) is 4.62. The van der Waals surface area contributed by atoms with Gasteiger partial charge in [-0.1, -0.05) is 71.7 Å². The van der Waals surface area contributed by atoms with Crippen molar-refractivity contribution < 1.29 is 14.7 Å². The predicted molar refractivity (Wildman–Crippen MR) is 138 cm³/mol. The van der Waals surface area contributed by atoms with Crippen LogP contribution in [-0.2, 0) is 17.8 Å². The van der Waals surface area contributed by atoms with Crippen LogP contribution in [0.15, 0.2) is 72.9 Å². The van der Waals surface area contributed by atoms with Crippen molar-refractivity contribution in [2.75, 3.05) is 13.1 Å². The van der Waals surface area contributed by atoms with Crippen LogP contribution in [0.3, 0.4) is 0 Å². The quantitative estimate of drug-likeness (QED) is 0.441. The third-order valence-electron chi connectivity index (χ3n) is 5.94. The Balaban J connectivity index is 1.38. The van der Waals surface area contributed by atoms with Gasteiger partial charge in [0.2, 0.25) is 0 Å². The molecule has 3 aromatic rings. The Morgan fingerprint density at radius 1 is 1.03 bits per heavy atom. The molecule has 0 fully saturated rings. The van der Waals surface area contributed by atoms with Crippen LogP contribution in [0.5, 0.6) is 0 Å². The number of nitrogens with one attached hydrogen (secondary N) is 1. The summed E-state index contributed by atoms with van der Waals surface area (Å²) in [6.45, 7) is 2.74. The highest BCUT2D eigenvalue weighted by atomic mass is 35.5. The normalized spacial score (nSPS) is 14.7. The number of carboxylic acids is 1. The van der Waals surface area contributed by atoms with Crippen molar-refractivity contribution >= 4 is 40.7 Å². The summed E-state index contributed by atoms with van der Waals surface area (Å²) in [6, 6.07) is 17.7. The van der Waals surface area contributed by atoms with Crippen molar-refractivity contribution in [2.24, 2.45) is 0 Å². The van der Waals surface area contributed by atoms with Gasteiger partial charge < -0.3 is 10.4 Å². The number of rotatable bonds is 8. The van der Waals surface area contributed by atoms with Gasteiger partial charge in [0.05, 0.1) is 15.6 Å². The molecule has 2 heterocycles. The molecule has 1 aromatic heterocycles. The zero-order valence-corrected chi connectivity index (χ0v) is 20.5. The zero-order valence-electron chi connectivity index (χ0n) is 19.0. The van der Waals surface area contributed by atoms with E-state index in [9.17, 15) is 14.7 Å². The molecule has 2 aromatic carbocycles. The third-order valence-corrected chi connectivity index (χ3v) is 6.57. The first-order valence-corrected chi connectivity index (χ1v) is 12.0. The number of pyridine rings is 1. The van der Waals surface area contributed by atoms with Crippen LogP contribution in [0.4, 0.5) is 0 Å². The van der Waals surface area contributed by atoms with Crippen LogP contribution >= 0.6 is 23.2 Å². The van der Waals surface area contributed by atoms with E-state index in [-0.39, 0.29) is 22.0 Å². The molecule has 4 rings (SSSR count). The van der Waals surface area contributed by atoms with E-state index in [1.54, 1.807) is 18.3 Å². The number of carbonyl (C=O) groups is 2. The van der Waals surface area contributed by atoms with Crippen molar-refractivity contribution in [1.29, 1.82) is 0 Å². The van der Waals surface area contributed by atoms with Gasteiger partial charge in [0.1, 0.15) is 6.04 Å². The first kappa shape index (κ1) is 24.9. The smallest absolute Gasteiger partial charge is 0.326 e. The Morgan fingerprint density at radius 3 is 2.37 bits per heavy atom. The largest absolute Gasteiger partial charge is 0.480 e. The SMILES string of the molecule is O=C(N[C@@H](Cc1ccc(C2=CCN(Cc3ccccc3)CC2)cn1)C(=O)O)c1c(Cl)cccc1Cl. The zero-order chi connectivity index (χ0) is 24.8. The molecule has 0 bridgehead atoms. The van der Waals surface area contributed by atoms with E-state index < -0.39 is 17.9 Å². The topological polar surface area (TPSA) is 82.5 Å². The summed E-state index contributed by atoms with van der Waals surface area (Å²) >= 11 is 12.1. The fourth-order valence-electron chi connectivity index (χ4n) is 4.05. The number of benzene rings is 2. The number of hydrogen-bond acceptors (Lipinski definition) is 4. The van der Waals surface area contributed by atoms with E-state index in [0.717, 1.165) is 31.6 Å². The molecule has 8 heteroatoms. The van der Waals surface area contributed by atoms with Crippen LogP contribution in [-0.4, -0.2) is 46.0 Å². The Bertz CT molecular complexity index is 1210. The highest BCUT2D eigenvalue weighted by Crippen LogP contribution is 2.25. The summed E-state index contributed by atoms with van der Waals surface area (Å²) in [6.07, 6.45) is 4.93. The minimum Gasteiger partial charge on any atom is -0.480 e. The molecule has 1 aliphatic rings. The molecule has 0 aliphatic carbocycles. The summed E-state index contributed by atoms with van der Waals surface area (Å²) in [7, 11) is 0. The molecule has 180 valence electrons. The van der Waals surface area contributed by atoms with E-state index in [2.05, 4.69) is 45.5 Å². The van der Waals surface area contributed by atoms with Gasteiger partial charge in [-0.15, -0.1) is 0 Å². The van der Waals surface area contributed by atoms with Gasteiger partial charge in [-0.05, 0) is 41.3 Å². The number of halogens is 2. The lowest BCUT2D eigenvalue weighted by atomic mass is 10.00. The molecule has 6 nitrogen and oxygen atoms in total. The monoisotopic (exact) mass is 509 g/mol. The molecule has 1 amide bonds. The second kappa shape index (κ2) is 11.5.